The summed E-state index contributed by atoms with van der Waals surface area (Å²) in [5.41, 5.74) is -0.300. The minimum absolute atomic E-state index is 0.300. The second-order valence-corrected chi connectivity index (χ2v) is 6.18. The molecule has 0 bridgehead atoms. The number of thiazole rings is 1. The van der Waals surface area contributed by atoms with E-state index < -0.39 is 0 Å². The number of rotatable bonds is 5. The highest BCUT2D eigenvalue weighted by molar-refractivity contribution is 7.09. The van der Waals surface area contributed by atoms with Crippen LogP contribution in [0.15, 0.2) is 11.6 Å². The van der Waals surface area contributed by atoms with Crippen LogP contribution in [0, 0.1) is 0 Å². The van der Waals surface area contributed by atoms with Gasteiger partial charge in [-0.15, -0.1) is 11.3 Å². The van der Waals surface area contributed by atoms with Crippen molar-refractivity contribution in [2.75, 3.05) is 13.1 Å². The second kappa shape index (κ2) is 5.93. The summed E-state index contributed by atoms with van der Waals surface area (Å²) in [7, 11) is 0. The van der Waals surface area contributed by atoms with Crippen LogP contribution in [0.25, 0.3) is 0 Å². The van der Waals surface area contributed by atoms with Gasteiger partial charge in [0.15, 0.2) is 5.78 Å². The minimum Gasteiger partial charge on any atom is -0.297 e. The molecule has 0 amide bonds. The topological polar surface area (TPSA) is 33.2 Å². The van der Waals surface area contributed by atoms with E-state index >= 15 is 0 Å². The van der Waals surface area contributed by atoms with Gasteiger partial charge in [-0.05, 0) is 39.3 Å². The van der Waals surface area contributed by atoms with Gasteiger partial charge in [0.2, 0.25) is 0 Å². The van der Waals surface area contributed by atoms with Crippen LogP contribution >= 0.6 is 11.3 Å². The van der Waals surface area contributed by atoms with Gasteiger partial charge in [-0.25, -0.2) is 4.98 Å². The molecule has 0 aromatic carbocycles. The summed E-state index contributed by atoms with van der Waals surface area (Å²) in [4.78, 5) is 19.2. The van der Waals surface area contributed by atoms with Crippen LogP contribution < -0.4 is 0 Å². The number of ketones is 1. The number of likely N-dealkylation sites (tertiary alicyclic amines) is 1. The lowest BCUT2D eigenvalue weighted by Gasteiger charge is -2.41. The monoisotopic (exact) mass is 266 g/mol. The molecule has 2 heterocycles. The summed E-state index contributed by atoms with van der Waals surface area (Å²) in [6.07, 6.45) is 6.89. The van der Waals surface area contributed by atoms with Crippen LogP contribution in [0.5, 0.6) is 0 Å². The van der Waals surface area contributed by atoms with Crippen LogP contribution in [0.3, 0.4) is 0 Å². The molecule has 1 aromatic rings. The van der Waals surface area contributed by atoms with Gasteiger partial charge in [0.1, 0.15) is 0 Å². The molecule has 1 aliphatic heterocycles. The van der Waals surface area contributed by atoms with Crippen LogP contribution in [0.2, 0.25) is 0 Å². The summed E-state index contributed by atoms with van der Waals surface area (Å²) in [5.74, 6) is 0.321. The van der Waals surface area contributed by atoms with E-state index in [0.29, 0.717) is 12.2 Å². The lowest BCUT2D eigenvalue weighted by Crippen LogP contribution is -2.54. The predicted molar refractivity (Wildman–Crippen MR) is 74.9 cm³/mol. The lowest BCUT2D eigenvalue weighted by atomic mass is 9.87. The molecule has 2 rings (SSSR count). The normalized spacial score (nSPS) is 20.6. The van der Waals surface area contributed by atoms with E-state index in [1.165, 1.54) is 19.3 Å². The number of carbonyl (C=O) groups is 1. The van der Waals surface area contributed by atoms with Crippen molar-refractivity contribution in [1.82, 2.24) is 9.88 Å². The molecule has 1 aliphatic rings. The molecular formula is C14H22N2OS. The zero-order valence-corrected chi connectivity index (χ0v) is 12.1. The zero-order chi connectivity index (χ0) is 13.0. The van der Waals surface area contributed by atoms with Gasteiger partial charge in [-0.2, -0.15) is 0 Å². The summed E-state index contributed by atoms with van der Waals surface area (Å²) in [6, 6.07) is 0. The maximum atomic E-state index is 12.6. The Bertz CT molecular complexity index is 385. The summed E-state index contributed by atoms with van der Waals surface area (Å²) in [5, 5.41) is 2.88. The molecule has 18 heavy (non-hydrogen) atoms. The number of nitrogens with zero attached hydrogens (tertiary/aromatic N) is 2. The molecule has 100 valence electrons. The van der Waals surface area contributed by atoms with Crippen molar-refractivity contribution in [3.63, 3.8) is 0 Å². The first kappa shape index (κ1) is 13.7. The highest BCUT2D eigenvalue weighted by Gasteiger charge is 2.37. The molecular weight excluding hydrogens is 244 g/mol. The van der Waals surface area contributed by atoms with Gasteiger partial charge in [0, 0.05) is 11.6 Å². The average Bonchev–Trinajstić information content (AvgIpc) is 2.91. The maximum absolute atomic E-state index is 12.6. The predicted octanol–water partition coefficient (Wildman–Crippen LogP) is 2.91. The highest BCUT2D eigenvalue weighted by atomic mass is 32.1. The molecule has 0 saturated carbocycles. The Balaban J connectivity index is 2.07. The Labute approximate surface area is 113 Å². The van der Waals surface area contributed by atoms with Crippen molar-refractivity contribution in [1.29, 1.82) is 0 Å². The first-order valence-corrected chi connectivity index (χ1v) is 7.71. The largest absolute Gasteiger partial charge is 0.297 e. The van der Waals surface area contributed by atoms with E-state index in [0.717, 1.165) is 24.5 Å². The number of carbonyl (C=O) groups excluding carboxylic acids is 1. The molecule has 1 saturated heterocycles. The molecule has 1 aromatic heterocycles. The third-order valence-electron chi connectivity index (χ3n) is 4.14. The SMILES string of the molecule is CCC(C)(C(=O)Cc1nccs1)N1CCCCC1. The van der Waals surface area contributed by atoms with Crippen LogP contribution in [-0.2, 0) is 11.2 Å². The first-order valence-electron chi connectivity index (χ1n) is 6.83. The summed E-state index contributed by atoms with van der Waals surface area (Å²) >= 11 is 1.57. The quantitative estimate of drug-likeness (QED) is 0.821. The van der Waals surface area contributed by atoms with Crippen molar-refractivity contribution in [2.45, 2.75) is 51.5 Å². The fourth-order valence-corrected chi connectivity index (χ4v) is 3.27. The molecule has 1 fully saturated rings. The number of hydrogen-bond acceptors (Lipinski definition) is 4. The molecule has 3 nitrogen and oxygen atoms in total. The molecule has 4 heteroatoms. The molecule has 0 aliphatic carbocycles. The van der Waals surface area contributed by atoms with Gasteiger partial charge < -0.3 is 0 Å². The Morgan fingerprint density at radius 1 is 1.44 bits per heavy atom. The van der Waals surface area contributed by atoms with E-state index in [1.54, 1.807) is 17.5 Å². The van der Waals surface area contributed by atoms with Gasteiger partial charge in [0.05, 0.1) is 17.0 Å². The fraction of sp³-hybridized carbons (Fsp3) is 0.714. The van der Waals surface area contributed by atoms with E-state index in [9.17, 15) is 4.79 Å². The summed E-state index contributed by atoms with van der Waals surface area (Å²) in [6.45, 7) is 6.35. The maximum Gasteiger partial charge on any atom is 0.159 e. The van der Waals surface area contributed by atoms with Crippen LogP contribution in [-0.4, -0.2) is 34.3 Å². The van der Waals surface area contributed by atoms with Crippen molar-refractivity contribution in [3.05, 3.63) is 16.6 Å². The Kier molecular flexibility index (Phi) is 4.51. The molecule has 1 unspecified atom stereocenters. The number of hydrogen-bond donors (Lipinski definition) is 0. The van der Waals surface area contributed by atoms with E-state index in [2.05, 4.69) is 23.7 Å². The van der Waals surface area contributed by atoms with E-state index in [4.69, 9.17) is 0 Å². The standard InChI is InChI=1S/C14H22N2OS/c1-3-14(2,16-8-5-4-6-9-16)12(17)11-13-15-7-10-18-13/h7,10H,3-6,8-9,11H2,1-2H3. The van der Waals surface area contributed by atoms with Crippen LogP contribution in [0.1, 0.15) is 44.5 Å². The van der Waals surface area contributed by atoms with Gasteiger partial charge in [0.25, 0.3) is 0 Å². The third kappa shape index (κ3) is 2.81. The van der Waals surface area contributed by atoms with Crippen molar-refractivity contribution < 1.29 is 4.79 Å². The third-order valence-corrected chi connectivity index (χ3v) is 4.92. The minimum atomic E-state index is -0.300. The van der Waals surface area contributed by atoms with Crippen molar-refractivity contribution in [2.24, 2.45) is 0 Å². The molecule has 1 atom stereocenters. The van der Waals surface area contributed by atoms with Gasteiger partial charge in [-0.3, -0.25) is 9.69 Å². The smallest absolute Gasteiger partial charge is 0.159 e. The number of Topliss-reactive ketones (excluding diaryl/α,β-unsaturated/α-hetero) is 1. The zero-order valence-electron chi connectivity index (χ0n) is 11.3. The summed E-state index contributed by atoms with van der Waals surface area (Å²) < 4.78 is 0. The average molecular weight is 266 g/mol. The fourth-order valence-electron chi connectivity index (χ4n) is 2.65. The molecule has 0 radical (unpaired) electrons. The molecule has 0 N–H and O–H groups in total. The van der Waals surface area contributed by atoms with Gasteiger partial charge >= 0.3 is 0 Å². The second-order valence-electron chi connectivity index (χ2n) is 5.20. The van der Waals surface area contributed by atoms with Gasteiger partial charge in [-0.1, -0.05) is 13.3 Å². The van der Waals surface area contributed by atoms with E-state index in [1.807, 2.05) is 5.38 Å². The molecule has 0 spiro atoms. The Morgan fingerprint density at radius 2 is 2.17 bits per heavy atom. The first-order chi connectivity index (χ1) is 8.66. The number of aromatic nitrogens is 1. The highest BCUT2D eigenvalue weighted by Crippen LogP contribution is 2.26. The lowest BCUT2D eigenvalue weighted by molar-refractivity contribution is -0.130. The Morgan fingerprint density at radius 3 is 2.72 bits per heavy atom. The number of piperidine rings is 1. The van der Waals surface area contributed by atoms with Crippen LogP contribution in [0.4, 0.5) is 0 Å². The van der Waals surface area contributed by atoms with Crippen molar-refractivity contribution in [3.8, 4) is 0 Å². The Hall–Kier alpha value is -0.740. The van der Waals surface area contributed by atoms with Crippen molar-refractivity contribution >= 4 is 17.1 Å². The van der Waals surface area contributed by atoms with E-state index in [-0.39, 0.29) is 5.54 Å².